The van der Waals surface area contributed by atoms with E-state index in [1.165, 1.54) is 212 Å². The molecule has 55 heavy (non-hydrogen) atoms. The van der Waals surface area contributed by atoms with Gasteiger partial charge >= 0.3 is 0 Å². The molecule has 0 aromatic rings. The summed E-state index contributed by atoms with van der Waals surface area (Å²) < 4.78 is 0. The fourth-order valence-electron chi connectivity index (χ4n) is 8.11. The van der Waals surface area contributed by atoms with Gasteiger partial charge in [0.15, 0.2) is 0 Å². The molecule has 4 unspecified atom stereocenters. The van der Waals surface area contributed by atoms with E-state index in [0.717, 1.165) is 38.5 Å². The molecule has 0 spiro atoms. The van der Waals surface area contributed by atoms with Crippen molar-refractivity contribution in [2.75, 3.05) is 6.61 Å². The van der Waals surface area contributed by atoms with Gasteiger partial charge in [-0.2, -0.15) is 0 Å². The van der Waals surface area contributed by atoms with E-state index in [2.05, 4.69) is 19.2 Å². The van der Waals surface area contributed by atoms with Gasteiger partial charge in [0.1, 0.15) is 12.2 Å². The average Bonchev–Trinajstić information content (AvgIpc) is 3.19. The first-order valence-electron chi connectivity index (χ1n) is 24.9. The highest BCUT2D eigenvalue weighted by Gasteiger charge is 2.28. The minimum absolute atomic E-state index is 0.376. The molecule has 0 aromatic heterocycles. The Hall–Kier alpha value is -0.690. The van der Waals surface area contributed by atoms with Crippen LogP contribution in [0.4, 0.5) is 0 Å². The highest BCUT2D eigenvalue weighted by atomic mass is 16.3. The molecule has 0 saturated carbocycles. The molecule has 0 fully saturated rings. The van der Waals surface area contributed by atoms with Crippen molar-refractivity contribution < 1.29 is 25.2 Å². The first kappa shape index (κ1) is 54.3. The molecule has 1 amide bonds. The Labute approximate surface area is 343 Å². The third kappa shape index (κ3) is 38.6. The topological polar surface area (TPSA) is 110 Å². The van der Waals surface area contributed by atoms with E-state index in [-0.39, 0.29) is 0 Å². The number of hydrogen-bond donors (Lipinski definition) is 5. The second-order valence-corrected chi connectivity index (χ2v) is 17.5. The van der Waals surface area contributed by atoms with Crippen LogP contribution >= 0.6 is 0 Å². The molecule has 0 aromatic carbocycles. The largest absolute Gasteiger partial charge is 0.394 e. The lowest BCUT2D eigenvalue weighted by Crippen LogP contribution is -2.53. The summed E-state index contributed by atoms with van der Waals surface area (Å²) in [4.78, 5) is 12.5. The van der Waals surface area contributed by atoms with E-state index in [4.69, 9.17) is 0 Å². The third-order valence-electron chi connectivity index (χ3n) is 12.1. The summed E-state index contributed by atoms with van der Waals surface area (Å²) >= 11 is 0. The molecule has 0 aliphatic carbocycles. The Bertz CT molecular complexity index is 751. The molecule has 0 saturated heterocycles. The molecule has 0 radical (unpaired) electrons. The Morgan fingerprint density at radius 2 is 0.618 bits per heavy atom. The summed E-state index contributed by atoms with van der Waals surface area (Å²) in [6.07, 6.45) is 48.6. The summed E-state index contributed by atoms with van der Waals surface area (Å²) in [6.45, 7) is 4.08. The maximum Gasteiger partial charge on any atom is 0.249 e. The van der Waals surface area contributed by atoms with Crippen LogP contribution in [-0.2, 0) is 4.79 Å². The Kier molecular flexibility index (Phi) is 43.9. The highest BCUT2D eigenvalue weighted by Crippen LogP contribution is 2.18. The smallest absolute Gasteiger partial charge is 0.249 e. The van der Waals surface area contributed by atoms with Crippen LogP contribution in [0.15, 0.2) is 0 Å². The van der Waals surface area contributed by atoms with E-state index < -0.39 is 36.9 Å². The van der Waals surface area contributed by atoms with Crippen LogP contribution in [0.25, 0.3) is 0 Å². The molecule has 5 N–H and O–H groups in total. The SMILES string of the molecule is CCCCCCCCCCCCCCCCCCCCCCCC(O)C(=O)NC(CO)C(O)C(O)CCCCCCCCCCCCCCCCCCCC. The van der Waals surface area contributed by atoms with Crippen molar-refractivity contribution in [3.05, 3.63) is 0 Å². The fraction of sp³-hybridized carbons (Fsp3) is 0.980. The summed E-state index contributed by atoms with van der Waals surface area (Å²) in [5.74, 6) is -0.577. The summed E-state index contributed by atoms with van der Waals surface area (Å²) in [7, 11) is 0. The second-order valence-electron chi connectivity index (χ2n) is 17.5. The van der Waals surface area contributed by atoms with Crippen molar-refractivity contribution in [2.45, 2.75) is 301 Å². The highest BCUT2D eigenvalue weighted by molar-refractivity contribution is 5.80. The van der Waals surface area contributed by atoms with Crippen LogP contribution in [0.1, 0.15) is 277 Å². The average molecular weight is 782 g/mol. The number of aliphatic hydroxyl groups excluding tert-OH is 4. The van der Waals surface area contributed by atoms with Crippen LogP contribution in [0.5, 0.6) is 0 Å². The number of carbonyl (C=O) groups excluding carboxylic acids is 1. The normalized spacial score (nSPS) is 13.9. The minimum atomic E-state index is -1.25. The number of nitrogens with one attached hydrogen (secondary N) is 1. The Balaban J connectivity index is 3.64. The van der Waals surface area contributed by atoms with E-state index in [1.807, 2.05) is 0 Å². The molecular formula is C49H99NO5. The van der Waals surface area contributed by atoms with Gasteiger partial charge in [-0.1, -0.05) is 264 Å². The molecular weight excluding hydrogens is 683 g/mol. The van der Waals surface area contributed by atoms with Crippen molar-refractivity contribution >= 4 is 5.91 Å². The van der Waals surface area contributed by atoms with E-state index in [9.17, 15) is 25.2 Å². The monoisotopic (exact) mass is 782 g/mol. The predicted molar refractivity (Wildman–Crippen MR) is 238 cm³/mol. The van der Waals surface area contributed by atoms with E-state index >= 15 is 0 Å². The van der Waals surface area contributed by atoms with Crippen molar-refractivity contribution in [3.8, 4) is 0 Å². The van der Waals surface area contributed by atoms with E-state index in [0.29, 0.717) is 12.8 Å². The zero-order valence-electron chi connectivity index (χ0n) is 37.2. The number of rotatable bonds is 46. The molecule has 6 heteroatoms. The molecule has 0 rings (SSSR count). The number of hydrogen-bond acceptors (Lipinski definition) is 5. The number of carbonyl (C=O) groups is 1. The lowest BCUT2D eigenvalue weighted by atomic mass is 9.99. The first-order chi connectivity index (χ1) is 27.0. The molecule has 6 nitrogen and oxygen atoms in total. The minimum Gasteiger partial charge on any atom is -0.394 e. The molecule has 330 valence electrons. The van der Waals surface area contributed by atoms with Crippen molar-refractivity contribution in [1.29, 1.82) is 0 Å². The maximum atomic E-state index is 12.5. The van der Waals surface area contributed by atoms with E-state index in [1.54, 1.807) is 0 Å². The van der Waals surface area contributed by atoms with Gasteiger partial charge in [-0.3, -0.25) is 4.79 Å². The second kappa shape index (κ2) is 44.4. The van der Waals surface area contributed by atoms with Crippen molar-refractivity contribution in [2.24, 2.45) is 0 Å². The number of aliphatic hydroxyl groups is 4. The maximum absolute atomic E-state index is 12.5. The van der Waals surface area contributed by atoms with Gasteiger partial charge in [0.25, 0.3) is 0 Å². The van der Waals surface area contributed by atoms with Crippen molar-refractivity contribution in [3.63, 3.8) is 0 Å². The van der Waals surface area contributed by atoms with Crippen molar-refractivity contribution in [1.82, 2.24) is 5.32 Å². The van der Waals surface area contributed by atoms with Gasteiger partial charge in [0.2, 0.25) is 5.91 Å². The summed E-state index contributed by atoms with van der Waals surface area (Å²) in [5, 5.41) is 43.9. The van der Waals surface area contributed by atoms with Gasteiger partial charge in [-0.15, -0.1) is 0 Å². The predicted octanol–water partition coefficient (Wildman–Crippen LogP) is 13.6. The summed E-state index contributed by atoms with van der Waals surface area (Å²) in [6, 6.07) is -0.979. The molecule has 0 bridgehead atoms. The van der Waals surface area contributed by atoms with Crippen LogP contribution < -0.4 is 5.32 Å². The fourth-order valence-corrected chi connectivity index (χ4v) is 8.11. The molecule has 0 aliphatic heterocycles. The zero-order valence-corrected chi connectivity index (χ0v) is 37.2. The first-order valence-corrected chi connectivity index (χ1v) is 24.9. The van der Waals surface area contributed by atoms with Gasteiger partial charge in [-0.25, -0.2) is 0 Å². The molecule has 4 atom stereocenters. The lowest BCUT2D eigenvalue weighted by Gasteiger charge is -2.27. The molecule has 0 aliphatic rings. The van der Waals surface area contributed by atoms with Crippen LogP contribution in [-0.4, -0.2) is 57.3 Å². The van der Waals surface area contributed by atoms with Gasteiger partial charge in [0.05, 0.1) is 18.8 Å². The lowest BCUT2D eigenvalue weighted by molar-refractivity contribution is -0.132. The van der Waals surface area contributed by atoms with Gasteiger partial charge in [-0.05, 0) is 12.8 Å². The summed E-state index contributed by atoms with van der Waals surface area (Å²) in [5.41, 5.74) is 0. The van der Waals surface area contributed by atoms with Crippen LogP contribution in [0.3, 0.4) is 0 Å². The quantitative estimate of drug-likeness (QED) is 0.0395. The standard InChI is InChI=1S/C49H99NO5/c1-3-5-7-9-11-13-15-17-19-21-23-24-25-27-29-31-33-35-37-39-41-43-47(53)49(55)50-45(44-51)48(54)46(52)42-40-38-36-34-32-30-28-26-22-20-18-16-14-12-10-8-6-4-2/h45-48,51-54H,3-44H2,1-2H3,(H,50,55). The molecule has 0 heterocycles. The third-order valence-corrected chi connectivity index (χ3v) is 12.1. The number of amides is 1. The van der Waals surface area contributed by atoms with Crippen LogP contribution in [0, 0.1) is 0 Å². The van der Waals surface area contributed by atoms with Gasteiger partial charge < -0.3 is 25.7 Å². The zero-order chi connectivity index (χ0) is 40.3. The Morgan fingerprint density at radius 3 is 0.873 bits per heavy atom. The van der Waals surface area contributed by atoms with Gasteiger partial charge in [0, 0.05) is 0 Å². The Morgan fingerprint density at radius 1 is 0.382 bits per heavy atom. The van der Waals surface area contributed by atoms with Crippen LogP contribution in [0.2, 0.25) is 0 Å². The number of unbranched alkanes of at least 4 members (excludes halogenated alkanes) is 37.